The van der Waals surface area contributed by atoms with Gasteiger partial charge in [-0.05, 0) is 127 Å². The van der Waals surface area contributed by atoms with Gasteiger partial charge in [-0.3, -0.25) is 62.3 Å². The molecule has 0 aromatic heterocycles. The molecule has 33 nitrogen and oxygen atoms in total. The maximum atomic E-state index is 14.7. The van der Waals surface area contributed by atoms with Crippen molar-refractivity contribution in [2.24, 2.45) is 23.1 Å². The molecule has 5 rings (SSSR count). The third-order valence-corrected chi connectivity index (χ3v) is 17.6. The van der Waals surface area contributed by atoms with Crippen molar-refractivity contribution in [3.05, 3.63) is 29.8 Å². The number of carboxylic acid groups (broad SMARTS) is 2. The van der Waals surface area contributed by atoms with Gasteiger partial charge in [0, 0.05) is 45.4 Å². The van der Waals surface area contributed by atoms with Gasteiger partial charge in [0.1, 0.15) is 72.2 Å². The number of carbonyl (C=O) groups is 14. The van der Waals surface area contributed by atoms with Crippen LogP contribution in [0.5, 0.6) is 5.75 Å². The number of rotatable bonds is 35. The summed E-state index contributed by atoms with van der Waals surface area (Å²) in [4.78, 5) is 195. The van der Waals surface area contributed by atoms with Crippen molar-refractivity contribution in [1.29, 1.82) is 0 Å². The monoisotopic (exact) mass is 1330 g/mol. The molecule has 14 atom stereocenters. The van der Waals surface area contributed by atoms with Gasteiger partial charge < -0.3 is 99.6 Å². The number of aromatic hydroxyl groups is 1. The highest BCUT2D eigenvalue weighted by Gasteiger charge is 2.47. The maximum absolute atomic E-state index is 14.7. The Kier molecular flexibility index (Phi) is 29.3. The summed E-state index contributed by atoms with van der Waals surface area (Å²) in [6.45, 7) is 5.38. The first-order valence-electron chi connectivity index (χ1n) is 32.1. The molecule has 0 unspecified atom stereocenters. The summed E-state index contributed by atoms with van der Waals surface area (Å²) in [5.41, 5.74) is 17.6. The zero-order valence-electron chi connectivity index (χ0n) is 53.6. The number of unbranched alkanes of at least 4 members (excludes halogenated alkanes) is 1. The molecule has 18 N–H and O–H groups in total. The number of aliphatic hydroxyl groups is 2. The predicted octanol–water partition coefficient (Wildman–Crippen LogP) is -4.60. The van der Waals surface area contributed by atoms with E-state index in [2.05, 4.69) is 37.2 Å². The molecule has 4 saturated heterocycles. The van der Waals surface area contributed by atoms with Crippen LogP contribution < -0.4 is 54.4 Å². The number of nitrogens with zero attached hydrogens (tertiary/aromatic N) is 4. The standard InChI is InChI=1S/C61H94N14O19/c1-5-32(2)48(70-54(86)41(31-76)69-50(82)33(3)65-56(88)49(34(4)77)71-51(83)37(63)21-24-47(80)81)60(92)74-28-10-15-44(74)58(90)72-26-8-13-42(72)55(87)67-39(22-23-46(64)79)53(85)66-38(12-6-7-25-62)52(84)68-40(30-35-17-19-36(78)20-18-35)57(89)73-27-9-14-43(73)59(91)75-29-11-16-45(75)61(93)94/h17-20,32-34,37-45,48-49,76-78H,5-16,21-31,62-63H2,1-4H3,(H2,64,79)(H,65,88)(H,66,85)(H,67,87)(H,68,84)(H,69,82)(H,70,86)(H,71,83)(H,80,81)(H,93,94)/t32-,33-,34+,37-,38-,39-,40-,41-,42-,43+,44-,45-,48-,49-/m0/s1. The largest absolute Gasteiger partial charge is 0.508 e. The number of aliphatic carboxylic acids is 2. The maximum Gasteiger partial charge on any atom is 0.326 e. The number of amides is 12. The van der Waals surface area contributed by atoms with Crippen molar-refractivity contribution in [2.75, 3.05) is 39.3 Å². The Hall–Kier alpha value is -8.56. The molecule has 33 heteroatoms. The fourth-order valence-electron chi connectivity index (χ4n) is 12.0. The summed E-state index contributed by atoms with van der Waals surface area (Å²) in [7, 11) is 0. The summed E-state index contributed by atoms with van der Waals surface area (Å²) in [6.07, 6.45) is 0.0501. The number of carboxylic acids is 2. The predicted molar refractivity (Wildman–Crippen MR) is 332 cm³/mol. The molecule has 522 valence electrons. The number of nitrogens with one attached hydrogen (secondary N) is 7. The lowest BCUT2D eigenvalue weighted by Gasteiger charge is -2.35. The molecular weight excluding hydrogens is 1230 g/mol. The molecule has 12 amide bonds. The molecule has 0 spiro atoms. The summed E-state index contributed by atoms with van der Waals surface area (Å²) >= 11 is 0. The number of nitrogens with two attached hydrogens (primary N) is 3. The minimum absolute atomic E-state index is 0.0285. The second-order valence-electron chi connectivity index (χ2n) is 24.6. The van der Waals surface area contributed by atoms with Gasteiger partial charge in [-0.2, -0.15) is 0 Å². The van der Waals surface area contributed by atoms with Crippen molar-refractivity contribution >= 4 is 82.8 Å². The first-order valence-corrected chi connectivity index (χ1v) is 32.1. The van der Waals surface area contributed by atoms with Crippen molar-refractivity contribution in [2.45, 2.75) is 215 Å². The molecule has 94 heavy (non-hydrogen) atoms. The Bertz CT molecular complexity index is 2900. The molecule has 0 bridgehead atoms. The quantitative estimate of drug-likeness (QED) is 0.0284. The van der Waals surface area contributed by atoms with Crippen molar-refractivity contribution < 1.29 is 92.7 Å². The molecule has 0 saturated carbocycles. The molecule has 0 aliphatic carbocycles. The SMILES string of the molecule is CC[C@H](C)[C@H](NC(=O)[C@H](CO)NC(=O)[C@H](C)NC(=O)[C@@H](NC(=O)[C@@H](N)CCC(=O)O)[C@@H](C)O)C(=O)N1CCC[C@H]1C(=O)N1CCC[C@H]1C(=O)N[C@@H](CCC(N)=O)C(=O)N[C@@H](CCCCN)C(=O)N[C@@H](Cc1ccc(O)cc1)C(=O)N1CCC[C@@H]1C(=O)N1CCC[C@H]1C(=O)O. The van der Waals surface area contributed by atoms with E-state index in [0.29, 0.717) is 44.1 Å². The van der Waals surface area contributed by atoms with Crippen LogP contribution in [0.15, 0.2) is 24.3 Å². The van der Waals surface area contributed by atoms with E-state index in [4.69, 9.17) is 22.3 Å². The van der Waals surface area contributed by atoms with Crippen LogP contribution in [-0.2, 0) is 73.5 Å². The Labute approximate surface area is 544 Å². The Morgan fingerprint density at radius 2 is 1.05 bits per heavy atom. The van der Waals surface area contributed by atoms with Crippen LogP contribution in [-0.4, -0.2) is 246 Å². The van der Waals surface area contributed by atoms with Gasteiger partial charge in [-0.25, -0.2) is 4.79 Å². The van der Waals surface area contributed by atoms with Crippen LogP contribution >= 0.6 is 0 Å². The molecule has 1 aromatic rings. The van der Waals surface area contributed by atoms with Gasteiger partial charge in [0.2, 0.25) is 70.9 Å². The normalized spacial score (nSPS) is 21.0. The second-order valence-corrected chi connectivity index (χ2v) is 24.6. The van der Waals surface area contributed by atoms with Crippen LogP contribution in [0.2, 0.25) is 0 Å². The zero-order valence-corrected chi connectivity index (χ0v) is 53.6. The number of aliphatic hydroxyl groups excluding tert-OH is 2. The van der Waals surface area contributed by atoms with Crippen LogP contribution in [0.1, 0.15) is 136 Å². The Morgan fingerprint density at radius 1 is 0.553 bits per heavy atom. The smallest absolute Gasteiger partial charge is 0.326 e. The van der Waals surface area contributed by atoms with E-state index < -0.39 is 187 Å². The van der Waals surface area contributed by atoms with Crippen molar-refractivity contribution in [3.8, 4) is 5.75 Å². The fourth-order valence-corrected chi connectivity index (χ4v) is 12.0. The van der Waals surface area contributed by atoms with Crippen LogP contribution in [0.3, 0.4) is 0 Å². The van der Waals surface area contributed by atoms with Crippen LogP contribution in [0.4, 0.5) is 0 Å². The third-order valence-electron chi connectivity index (χ3n) is 17.6. The van der Waals surface area contributed by atoms with E-state index in [-0.39, 0.29) is 96.3 Å². The Morgan fingerprint density at radius 3 is 1.59 bits per heavy atom. The summed E-state index contributed by atoms with van der Waals surface area (Å²) in [5.74, 6) is -13.0. The average Bonchev–Trinajstić information content (AvgIpc) is 1.62. The number of hydrogen-bond donors (Lipinski definition) is 15. The van der Waals surface area contributed by atoms with Gasteiger partial charge in [-0.1, -0.05) is 32.4 Å². The van der Waals surface area contributed by atoms with E-state index in [1.165, 1.54) is 50.8 Å². The van der Waals surface area contributed by atoms with E-state index in [9.17, 15) is 87.5 Å². The first-order chi connectivity index (χ1) is 44.5. The van der Waals surface area contributed by atoms with Gasteiger partial charge in [0.05, 0.1) is 18.8 Å². The van der Waals surface area contributed by atoms with E-state index in [1.54, 1.807) is 13.8 Å². The molecule has 4 aliphatic rings. The van der Waals surface area contributed by atoms with E-state index in [0.717, 1.165) is 6.92 Å². The van der Waals surface area contributed by atoms with E-state index >= 15 is 0 Å². The number of likely N-dealkylation sites (tertiary alicyclic amines) is 4. The highest BCUT2D eigenvalue weighted by Crippen LogP contribution is 2.29. The van der Waals surface area contributed by atoms with Crippen molar-refractivity contribution in [1.82, 2.24) is 56.8 Å². The summed E-state index contributed by atoms with van der Waals surface area (Å²) in [5, 5.41) is 66.9. The summed E-state index contributed by atoms with van der Waals surface area (Å²) < 4.78 is 0. The highest BCUT2D eigenvalue weighted by atomic mass is 16.4. The third kappa shape index (κ3) is 21.0. The number of primary amides is 1. The first kappa shape index (κ1) is 76.2. The molecule has 0 radical (unpaired) electrons. The van der Waals surface area contributed by atoms with Crippen LogP contribution in [0.25, 0.3) is 0 Å². The second kappa shape index (κ2) is 36.2. The molecule has 1 aromatic carbocycles. The topological polar surface area (TPSA) is 515 Å². The average molecular weight is 1330 g/mol. The highest BCUT2D eigenvalue weighted by molar-refractivity contribution is 6.00. The molecule has 4 heterocycles. The lowest BCUT2D eigenvalue weighted by atomic mass is 9.96. The molecule has 4 aliphatic heterocycles. The van der Waals surface area contributed by atoms with Gasteiger partial charge in [0.25, 0.3) is 0 Å². The number of phenols is 1. The minimum atomic E-state index is -1.70. The number of carbonyl (C=O) groups excluding carboxylic acids is 12. The zero-order chi connectivity index (χ0) is 69.7. The van der Waals surface area contributed by atoms with Gasteiger partial charge >= 0.3 is 11.9 Å². The van der Waals surface area contributed by atoms with Crippen molar-refractivity contribution in [3.63, 3.8) is 0 Å². The lowest BCUT2D eigenvalue weighted by Crippen LogP contribution is -2.62. The fraction of sp³-hybridized carbons (Fsp3) is 0.672. The van der Waals surface area contributed by atoms with E-state index in [1.807, 2.05) is 0 Å². The molecule has 4 fully saturated rings. The lowest BCUT2D eigenvalue weighted by molar-refractivity contribution is -0.152. The minimum Gasteiger partial charge on any atom is -0.508 e. The molecular formula is C61H94N14O19. The number of benzene rings is 1. The number of phenolic OH excluding ortho intramolecular Hbond substituents is 1. The number of hydrogen-bond acceptors (Lipinski definition) is 19. The van der Waals surface area contributed by atoms with Crippen LogP contribution in [0, 0.1) is 5.92 Å². The van der Waals surface area contributed by atoms with Gasteiger partial charge in [0.15, 0.2) is 0 Å². The summed E-state index contributed by atoms with van der Waals surface area (Å²) in [6, 6.07) is -10.3. The Balaban J connectivity index is 1.28. The van der Waals surface area contributed by atoms with Gasteiger partial charge in [-0.15, -0.1) is 0 Å².